The van der Waals surface area contributed by atoms with E-state index in [9.17, 15) is 25.3 Å². The highest BCUT2D eigenvalue weighted by Crippen LogP contribution is 2.40. The number of aryl methyl sites for hydroxylation is 3. The molecule has 1 aliphatic rings. The van der Waals surface area contributed by atoms with Gasteiger partial charge >= 0.3 is 0 Å². The summed E-state index contributed by atoms with van der Waals surface area (Å²) in [7, 11) is -7.44. The summed E-state index contributed by atoms with van der Waals surface area (Å²) in [6.45, 7) is 5.78. The van der Waals surface area contributed by atoms with Crippen molar-refractivity contribution in [1.82, 2.24) is 0 Å². The third-order valence-electron chi connectivity index (χ3n) is 8.89. The van der Waals surface area contributed by atoms with Crippen LogP contribution in [-0.4, -0.2) is 42.5 Å². The second-order valence-electron chi connectivity index (χ2n) is 12.5. The van der Waals surface area contributed by atoms with Crippen LogP contribution in [0.15, 0.2) is 87.5 Å². The van der Waals surface area contributed by atoms with E-state index in [1.165, 1.54) is 0 Å². The zero-order valence-electron chi connectivity index (χ0n) is 27.3. The van der Waals surface area contributed by atoms with Crippen LogP contribution in [0.4, 0.5) is 0 Å². The Balaban J connectivity index is 1.42. The number of hydrogen-bond acceptors (Lipinski definition) is 9. The molecule has 0 amide bonds. The minimum Gasteiger partial charge on any atom is -0.212 e. The van der Waals surface area contributed by atoms with Crippen LogP contribution < -0.4 is 0 Å². The quantitative estimate of drug-likeness (QED) is 0.141. The van der Waals surface area contributed by atoms with E-state index in [0.29, 0.717) is 44.3 Å². The molecule has 4 rings (SSSR count). The molecule has 0 spiro atoms. The second-order valence-corrected chi connectivity index (χ2v) is 24.7. The lowest BCUT2D eigenvalue weighted by Crippen LogP contribution is -2.23. The molecular weight excluding hydrogens is 709 g/mol. The minimum atomic E-state index is -3.49. The van der Waals surface area contributed by atoms with Gasteiger partial charge in [-0.25, -0.2) is 25.3 Å². The lowest BCUT2D eigenvalue weighted by Gasteiger charge is -2.33. The molecule has 0 N–H and O–H groups in total. The molecule has 6 nitrogen and oxygen atoms in total. The van der Waals surface area contributed by atoms with Gasteiger partial charge in [0.1, 0.15) is 0 Å². The van der Waals surface area contributed by atoms with Crippen molar-refractivity contribution in [3.05, 3.63) is 89.5 Å². The van der Waals surface area contributed by atoms with Crippen molar-refractivity contribution >= 4 is 59.0 Å². The Hall–Kier alpha value is -1.44. The molecule has 0 heterocycles. The van der Waals surface area contributed by atoms with Crippen molar-refractivity contribution in [1.29, 1.82) is 0 Å². The SMILES string of the molecule is Cc1ccc(S(=O)(=O)SCCC2CCCCC(CCSS(=O)(=O)c3ccc(C)cc3)C(CCSS(=O)(=O)c3ccc(C)cc3)C2)cc1. The number of rotatable bonds is 15. The van der Waals surface area contributed by atoms with Gasteiger partial charge in [-0.1, -0.05) is 78.8 Å². The first kappa shape index (κ1) is 38.4. The molecule has 0 radical (unpaired) electrons. The van der Waals surface area contributed by atoms with E-state index in [0.717, 1.165) is 94.0 Å². The maximum absolute atomic E-state index is 13.1. The van der Waals surface area contributed by atoms with E-state index in [1.807, 2.05) is 57.2 Å². The highest BCUT2D eigenvalue weighted by Gasteiger charge is 2.29. The summed E-state index contributed by atoms with van der Waals surface area (Å²) in [4.78, 5) is 0.955. The van der Waals surface area contributed by atoms with E-state index in [1.54, 1.807) is 36.4 Å². The minimum absolute atomic E-state index is 0.224. The Labute approximate surface area is 293 Å². The third-order valence-corrected chi connectivity index (χ3v) is 19.6. The van der Waals surface area contributed by atoms with Gasteiger partial charge in [0, 0.05) is 17.3 Å². The first-order chi connectivity index (χ1) is 22.2. The fourth-order valence-electron chi connectivity index (χ4n) is 6.07. The lowest BCUT2D eigenvalue weighted by molar-refractivity contribution is 0.205. The largest absolute Gasteiger partial charge is 0.229 e. The van der Waals surface area contributed by atoms with Gasteiger partial charge in [-0.15, -0.1) is 0 Å². The molecule has 1 saturated carbocycles. The molecule has 3 unspecified atom stereocenters. The Kier molecular flexibility index (Phi) is 14.3. The average Bonchev–Trinajstić information content (AvgIpc) is 3.01. The summed E-state index contributed by atoms with van der Waals surface area (Å²) in [5.41, 5.74) is 3.03. The monoisotopic (exact) mass is 754 g/mol. The molecule has 3 aromatic carbocycles. The first-order valence-electron chi connectivity index (χ1n) is 16.1. The van der Waals surface area contributed by atoms with Crippen LogP contribution in [0.25, 0.3) is 0 Å². The van der Waals surface area contributed by atoms with E-state index in [4.69, 9.17) is 0 Å². The fraction of sp³-hybridized carbons (Fsp3) is 0.486. The molecule has 3 atom stereocenters. The smallest absolute Gasteiger partial charge is 0.212 e. The van der Waals surface area contributed by atoms with Crippen LogP contribution >= 0.6 is 32.4 Å². The van der Waals surface area contributed by atoms with Gasteiger partial charge in [0.25, 0.3) is 0 Å². The summed E-state index contributed by atoms with van der Waals surface area (Å²) in [6.07, 6.45) is 7.17. The zero-order chi connectivity index (χ0) is 34.1. The van der Waals surface area contributed by atoms with Crippen LogP contribution in [0.5, 0.6) is 0 Å². The molecule has 258 valence electrons. The first-order valence-corrected chi connectivity index (χ1v) is 25.1. The molecule has 0 aliphatic heterocycles. The van der Waals surface area contributed by atoms with Gasteiger partial charge < -0.3 is 0 Å². The molecule has 3 aromatic rings. The van der Waals surface area contributed by atoms with Crippen LogP contribution in [0.2, 0.25) is 0 Å². The van der Waals surface area contributed by atoms with Gasteiger partial charge in [0.05, 0.1) is 14.7 Å². The maximum Gasteiger partial charge on any atom is 0.229 e. The molecule has 47 heavy (non-hydrogen) atoms. The predicted molar refractivity (Wildman–Crippen MR) is 200 cm³/mol. The van der Waals surface area contributed by atoms with Crippen LogP contribution in [0.1, 0.15) is 68.1 Å². The van der Waals surface area contributed by atoms with Gasteiger partial charge in [0.15, 0.2) is 0 Å². The lowest BCUT2D eigenvalue weighted by atomic mass is 9.74. The fourth-order valence-corrected chi connectivity index (χ4v) is 14.8. The van der Waals surface area contributed by atoms with Crippen LogP contribution in [0.3, 0.4) is 0 Å². The van der Waals surface area contributed by atoms with E-state index < -0.39 is 26.6 Å². The van der Waals surface area contributed by atoms with Gasteiger partial charge in [-0.2, -0.15) is 0 Å². The molecular formula is C35H46O6S6. The molecule has 0 saturated heterocycles. The Morgan fingerprint density at radius 2 is 0.830 bits per heavy atom. The number of hydrogen-bond donors (Lipinski definition) is 0. The van der Waals surface area contributed by atoms with Crippen LogP contribution in [-0.2, 0) is 26.6 Å². The van der Waals surface area contributed by atoms with Gasteiger partial charge in [-0.05, 0) is 133 Å². The van der Waals surface area contributed by atoms with Crippen LogP contribution in [0, 0.1) is 38.5 Å². The van der Waals surface area contributed by atoms with E-state index in [2.05, 4.69) is 0 Å². The molecule has 1 fully saturated rings. The summed E-state index contributed by atoms with van der Waals surface area (Å²) in [6, 6.07) is 20.8. The van der Waals surface area contributed by atoms with Gasteiger partial charge in [-0.3, -0.25) is 0 Å². The van der Waals surface area contributed by atoms with E-state index in [-0.39, 0.29) is 11.8 Å². The molecule has 0 aromatic heterocycles. The van der Waals surface area contributed by atoms with Crippen molar-refractivity contribution in [2.45, 2.75) is 86.8 Å². The normalized spacial score (nSPS) is 19.6. The Bertz CT molecular complexity index is 1750. The average molecular weight is 755 g/mol. The maximum atomic E-state index is 13.1. The Morgan fingerprint density at radius 1 is 0.489 bits per heavy atom. The topological polar surface area (TPSA) is 102 Å². The highest BCUT2D eigenvalue weighted by atomic mass is 33.1. The highest BCUT2D eigenvalue weighted by molar-refractivity contribution is 8.72. The molecule has 0 bridgehead atoms. The summed E-state index contributed by atoms with van der Waals surface area (Å²) >= 11 is 0. The van der Waals surface area contributed by atoms with Crippen molar-refractivity contribution in [3.63, 3.8) is 0 Å². The third kappa shape index (κ3) is 11.8. The van der Waals surface area contributed by atoms with Gasteiger partial charge in [0.2, 0.25) is 26.6 Å². The van der Waals surface area contributed by atoms with Crippen molar-refractivity contribution in [2.24, 2.45) is 17.8 Å². The summed E-state index contributed by atoms with van der Waals surface area (Å²) < 4.78 is 78.2. The summed E-state index contributed by atoms with van der Waals surface area (Å²) in [5, 5.41) is 0. The van der Waals surface area contributed by atoms with Crippen molar-refractivity contribution in [2.75, 3.05) is 17.3 Å². The zero-order valence-corrected chi connectivity index (χ0v) is 32.2. The molecule has 12 heteroatoms. The Morgan fingerprint density at radius 3 is 1.23 bits per heavy atom. The summed E-state index contributed by atoms with van der Waals surface area (Å²) in [5.74, 6) is 2.25. The second kappa shape index (κ2) is 17.5. The predicted octanol–water partition coefficient (Wildman–Crippen LogP) is 9.26. The van der Waals surface area contributed by atoms with E-state index >= 15 is 0 Å². The standard InChI is InChI=1S/C35H46O6S6/c1-27-8-14-33(15-9-27)45(36,37)42-23-20-30-6-4-5-7-31(21-24-43-46(38,39)34-16-10-28(2)11-17-34)32(26-30)22-25-44-47(40,41)35-18-12-29(3)13-19-35/h8-19,30-32H,4-7,20-26H2,1-3H3. The molecule has 1 aliphatic carbocycles. The van der Waals surface area contributed by atoms with Crippen molar-refractivity contribution < 1.29 is 25.3 Å². The number of benzene rings is 3. The van der Waals surface area contributed by atoms with Crippen molar-refractivity contribution in [3.8, 4) is 0 Å².